The lowest BCUT2D eigenvalue weighted by Gasteiger charge is -2.02. The molecule has 0 amide bonds. The minimum Gasteiger partial charge on any atom is -0.349 e. The summed E-state index contributed by atoms with van der Waals surface area (Å²) in [6.45, 7) is 2.28. The number of H-pyrrole nitrogens is 1. The summed E-state index contributed by atoms with van der Waals surface area (Å²) in [6, 6.07) is 12.1. The average molecular weight is 394 g/mol. The van der Waals surface area contributed by atoms with E-state index >= 15 is 0 Å². The Bertz CT molecular complexity index is 671. The lowest BCUT2D eigenvalue weighted by molar-refractivity contribution is 0.543. The van der Waals surface area contributed by atoms with Gasteiger partial charge in [0.15, 0.2) is 0 Å². The van der Waals surface area contributed by atoms with Crippen LogP contribution in [0.1, 0.15) is 89.8 Å². The molecule has 0 bridgehead atoms. The van der Waals surface area contributed by atoms with E-state index in [0.717, 1.165) is 17.8 Å². The first-order valence-corrected chi connectivity index (χ1v) is 11.7. The minimum absolute atomic E-state index is 1.06. The molecular weight excluding hydrogens is 354 g/mol. The summed E-state index contributed by atoms with van der Waals surface area (Å²) in [7, 11) is 0. The van der Waals surface area contributed by atoms with Crippen LogP contribution in [0.4, 0.5) is 0 Å². The highest BCUT2D eigenvalue weighted by molar-refractivity contribution is 5.77. The zero-order valence-electron chi connectivity index (χ0n) is 18.3. The van der Waals surface area contributed by atoms with Crippen LogP contribution >= 0.6 is 0 Å². The number of hydrogen-bond donors (Lipinski definition) is 1. The maximum Gasteiger partial charge on any atom is 0.105 e. The molecule has 0 aliphatic rings. The zero-order chi connectivity index (χ0) is 20.4. The summed E-state index contributed by atoms with van der Waals surface area (Å²) in [5, 5.41) is 1.20. The van der Waals surface area contributed by atoms with Gasteiger partial charge in [0.2, 0.25) is 0 Å². The first-order valence-electron chi connectivity index (χ1n) is 11.7. The van der Waals surface area contributed by atoms with E-state index in [1.165, 1.54) is 82.4 Å². The Morgan fingerprint density at radius 3 is 1.90 bits per heavy atom. The average Bonchev–Trinajstić information content (AvgIpc) is 3.29. The molecular formula is C26H39N3. The molecule has 0 saturated carbocycles. The van der Waals surface area contributed by atoms with Gasteiger partial charge in [0.1, 0.15) is 5.82 Å². The number of aryl methyl sites for hydroxylation is 1. The number of benzene rings is 1. The Morgan fingerprint density at radius 2 is 1.28 bits per heavy atom. The topological polar surface area (TPSA) is 41.6 Å². The molecule has 0 unspecified atom stereocenters. The highest BCUT2D eigenvalue weighted by Gasteiger charge is 1.96. The number of nitrogens with one attached hydrogen (secondary N) is 1. The third kappa shape index (κ3) is 10.8. The van der Waals surface area contributed by atoms with Crippen molar-refractivity contribution in [1.29, 1.82) is 0 Å². The molecule has 0 saturated heterocycles. The van der Waals surface area contributed by atoms with Gasteiger partial charge in [-0.3, -0.25) is 4.98 Å². The number of nitrogens with zero attached hydrogens (tertiary/aromatic N) is 2. The van der Waals surface area contributed by atoms with E-state index in [2.05, 4.69) is 34.0 Å². The number of rotatable bonds is 13. The van der Waals surface area contributed by atoms with E-state index in [4.69, 9.17) is 0 Å². The maximum absolute atomic E-state index is 4.25. The van der Waals surface area contributed by atoms with Gasteiger partial charge in [-0.05, 0) is 18.6 Å². The van der Waals surface area contributed by atoms with Crippen molar-refractivity contribution in [2.75, 3.05) is 0 Å². The molecule has 3 heteroatoms. The van der Waals surface area contributed by atoms with E-state index in [1.807, 2.05) is 42.9 Å². The van der Waals surface area contributed by atoms with Crippen LogP contribution in [0.2, 0.25) is 0 Å². The second kappa shape index (κ2) is 15.7. The summed E-state index contributed by atoms with van der Waals surface area (Å²) >= 11 is 0. The van der Waals surface area contributed by atoms with Gasteiger partial charge in [-0.15, -0.1) is 0 Å². The predicted molar refractivity (Wildman–Crippen MR) is 125 cm³/mol. The first kappa shape index (κ1) is 23.1. The van der Waals surface area contributed by atoms with Crippen molar-refractivity contribution in [2.45, 2.75) is 90.4 Å². The Hall–Kier alpha value is -2.16. The Labute approximate surface area is 177 Å². The first-order chi connectivity index (χ1) is 14.4. The highest BCUT2D eigenvalue weighted by atomic mass is 14.9. The summed E-state index contributed by atoms with van der Waals surface area (Å²) < 4.78 is 0. The van der Waals surface area contributed by atoms with Crippen molar-refractivity contribution < 1.29 is 0 Å². The molecule has 3 nitrogen and oxygen atoms in total. The molecule has 0 aliphatic heterocycles. The molecule has 0 fully saturated rings. The summed E-state index contributed by atoms with van der Waals surface area (Å²) in [4.78, 5) is 11.6. The number of para-hydroxylation sites is 1. The second-order valence-electron chi connectivity index (χ2n) is 7.87. The molecule has 29 heavy (non-hydrogen) atoms. The zero-order valence-corrected chi connectivity index (χ0v) is 18.3. The molecule has 2 aromatic heterocycles. The standard InChI is InChI=1S/C17H32N2.C9H7N/c1-2-3-4-5-6-7-8-9-10-11-12-13-14-17-18-15-16-19-17;1-2-6-9-8(4-1)5-3-7-10-9/h15-16H,2-14H2,1H3,(H,18,19);1-7H. The Morgan fingerprint density at radius 1 is 0.655 bits per heavy atom. The maximum atomic E-state index is 4.25. The molecule has 0 atom stereocenters. The van der Waals surface area contributed by atoms with Crippen LogP contribution in [0, 0.1) is 0 Å². The van der Waals surface area contributed by atoms with E-state index in [0.29, 0.717) is 0 Å². The summed E-state index contributed by atoms with van der Waals surface area (Å²) in [5.41, 5.74) is 1.06. The molecule has 158 valence electrons. The lowest BCUT2D eigenvalue weighted by Crippen LogP contribution is -1.88. The van der Waals surface area contributed by atoms with Gasteiger partial charge < -0.3 is 4.98 Å². The number of pyridine rings is 1. The van der Waals surface area contributed by atoms with Gasteiger partial charge in [-0.2, -0.15) is 0 Å². The summed E-state index contributed by atoms with van der Waals surface area (Å²) in [5.74, 6) is 1.15. The quantitative estimate of drug-likeness (QED) is 0.300. The van der Waals surface area contributed by atoms with Crippen molar-refractivity contribution in [2.24, 2.45) is 0 Å². The molecule has 0 radical (unpaired) electrons. The fraction of sp³-hybridized carbons (Fsp3) is 0.538. The second-order valence-corrected chi connectivity index (χ2v) is 7.87. The van der Waals surface area contributed by atoms with Crippen molar-refractivity contribution in [3.63, 3.8) is 0 Å². The van der Waals surface area contributed by atoms with Gasteiger partial charge in [0.25, 0.3) is 0 Å². The fourth-order valence-electron chi connectivity index (χ4n) is 3.58. The number of unbranched alkanes of at least 4 members (excludes halogenated alkanes) is 11. The molecule has 0 spiro atoms. The molecule has 1 aromatic carbocycles. The number of aromatic nitrogens is 3. The highest BCUT2D eigenvalue weighted by Crippen LogP contribution is 2.12. The van der Waals surface area contributed by atoms with Crippen LogP contribution in [0.3, 0.4) is 0 Å². The van der Waals surface area contributed by atoms with E-state index in [-0.39, 0.29) is 0 Å². The van der Waals surface area contributed by atoms with Crippen LogP contribution in [-0.4, -0.2) is 15.0 Å². The largest absolute Gasteiger partial charge is 0.349 e. The lowest BCUT2D eigenvalue weighted by atomic mass is 10.0. The van der Waals surface area contributed by atoms with Crippen LogP contribution in [0.5, 0.6) is 0 Å². The third-order valence-electron chi connectivity index (χ3n) is 5.33. The van der Waals surface area contributed by atoms with Gasteiger partial charge >= 0.3 is 0 Å². The van der Waals surface area contributed by atoms with Crippen molar-refractivity contribution in [1.82, 2.24) is 15.0 Å². The van der Waals surface area contributed by atoms with Gasteiger partial charge in [0.05, 0.1) is 5.52 Å². The Balaban J connectivity index is 0.000000248. The number of fused-ring (bicyclic) bond motifs is 1. The van der Waals surface area contributed by atoms with Crippen molar-refractivity contribution in [3.05, 3.63) is 60.8 Å². The van der Waals surface area contributed by atoms with Crippen LogP contribution in [0.25, 0.3) is 10.9 Å². The van der Waals surface area contributed by atoms with Crippen molar-refractivity contribution >= 4 is 10.9 Å². The SMILES string of the molecule is CCCCCCCCCCCCCCc1ncc[nH]1.c1ccc2ncccc2c1. The number of imidazole rings is 1. The minimum atomic E-state index is 1.06. The van der Waals surface area contributed by atoms with Gasteiger partial charge in [-0.1, -0.05) is 102 Å². The molecule has 3 rings (SSSR count). The van der Waals surface area contributed by atoms with Crippen LogP contribution in [0.15, 0.2) is 55.0 Å². The third-order valence-corrected chi connectivity index (χ3v) is 5.33. The number of hydrogen-bond acceptors (Lipinski definition) is 2. The van der Waals surface area contributed by atoms with E-state index in [1.54, 1.807) is 0 Å². The Kier molecular flexibility index (Phi) is 12.5. The van der Waals surface area contributed by atoms with Crippen LogP contribution in [-0.2, 0) is 6.42 Å². The summed E-state index contributed by atoms with van der Waals surface area (Å²) in [6.07, 6.45) is 23.6. The van der Waals surface area contributed by atoms with E-state index < -0.39 is 0 Å². The normalized spacial score (nSPS) is 10.7. The van der Waals surface area contributed by atoms with Crippen LogP contribution < -0.4 is 0 Å². The van der Waals surface area contributed by atoms with Crippen molar-refractivity contribution in [3.8, 4) is 0 Å². The molecule has 1 N–H and O–H groups in total. The molecule has 0 aliphatic carbocycles. The fourth-order valence-corrected chi connectivity index (χ4v) is 3.58. The molecule has 3 aromatic rings. The predicted octanol–water partition coefficient (Wildman–Crippen LogP) is 7.89. The smallest absolute Gasteiger partial charge is 0.105 e. The number of aromatic amines is 1. The monoisotopic (exact) mass is 393 g/mol. The molecule has 2 heterocycles. The van der Waals surface area contributed by atoms with Gasteiger partial charge in [0, 0.05) is 30.4 Å². The van der Waals surface area contributed by atoms with Gasteiger partial charge in [-0.25, -0.2) is 4.98 Å². The van der Waals surface area contributed by atoms with E-state index in [9.17, 15) is 0 Å².